The van der Waals surface area contributed by atoms with E-state index in [-0.39, 0.29) is 0 Å². The fourth-order valence-corrected chi connectivity index (χ4v) is 3.32. The Morgan fingerprint density at radius 3 is 2.79 bits per heavy atom. The van der Waals surface area contributed by atoms with Crippen molar-refractivity contribution in [2.24, 2.45) is 23.7 Å². The molecule has 14 heavy (non-hydrogen) atoms. The molecule has 0 bridgehead atoms. The van der Waals surface area contributed by atoms with Crippen LogP contribution in [0.2, 0.25) is 0 Å². The van der Waals surface area contributed by atoms with E-state index in [9.17, 15) is 0 Å². The molecule has 0 aromatic heterocycles. The summed E-state index contributed by atoms with van der Waals surface area (Å²) in [5.41, 5.74) is 0. The second-order valence-electron chi connectivity index (χ2n) is 5.84. The van der Waals surface area contributed by atoms with Gasteiger partial charge in [0.15, 0.2) is 0 Å². The summed E-state index contributed by atoms with van der Waals surface area (Å²) >= 11 is 0. The molecule has 1 aliphatic carbocycles. The van der Waals surface area contributed by atoms with Crippen LogP contribution in [0.25, 0.3) is 0 Å². The average Bonchev–Trinajstić information content (AvgIpc) is 2.47. The highest BCUT2D eigenvalue weighted by atomic mass is 16.5. The first-order valence-electron chi connectivity index (χ1n) is 6.28. The van der Waals surface area contributed by atoms with E-state index < -0.39 is 0 Å². The molecule has 2 rings (SSSR count). The maximum Gasteiger partial charge on any atom is 0.0607 e. The average molecular weight is 196 g/mol. The second kappa shape index (κ2) is 4.22. The Morgan fingerprint density at radius 2 is 2.07 bits per heavy atom. The Balaban J connectivity index is 1.94. The van der Waals surface area contributed by atoms with Gasteiger partial charge in [-0.1, -0.05) is 20.8 Å². The third-order valence-corrected chi connectivity index (χ3v) is 4.00. The van der Waals surface area contributed by atoms with Gasteiger partial charge >= 0.3 is 0 Å². The fourth-order valence-electron chi connectivity index (χ4n) is 3.32. The summed E-state index contributed by atoms with van der Waals surface area (Å²) in [4.78, 5) is 0. The van der Waals surface area contributed by atoms with Crippen LogP contribution in [0, 0.1) is 23.7 Å². The van der Waals surface area contributed by atoms with E-state index in [2.05, 4.69) is 20.8 Å². The van der Waals surface area contributed by atoms with E-state index in [1.165, 1.54) is 25.7 Å². The Bertz CT molecular complexity index is 188. The summed E-state index contributed by atoms with van der Waals surface area (Å²) in [7, 11) is 0. The van der Waals surface area contributed by atoms with Crippen LogP contribution < -0.4 is 0 Å². The van der Waals surface area contributed by atoms with Gasteiger partial charge in [-0.05, 0) is 49.4 Å². The zero-order valence-electron chi connectivity index (χ0n) is 9.83. The van der Waals surface area contributed by atoms with Gasteiger partial charge in [0, 0.05) is 0 Å². The van der Waals surface area contributed by atoms with Gasteiger partial charge in [0.1, 0.15) is 0 Å². The largest absolute Gasteiger partial charge is 0.378 e. The van der Waals surface area contributed by atoms with Crippen LogP contribution >= 0.6 is 0 Å². The van der Waals surface area contributed by atoms with Crippen LogP contribution in [0.15, 0.2) is 0 Å². The molecular weight excluding hydrogens is 172 g/mol. The van der Waals surface area contributed by atoms with Crippen molar-refractivity contribution in [3.63, 3.8) is 0 Å². The zero-order chi connectivity index (χ0) is 10.1. The van der Waals surface area contributed by atoms with Gasteiger partial charge in [-0.15, -0.1) is 0 Å². The van der Waals surface area contributed by atoms with Gasteiger partial charge in [-0.2, -0.15) is 0 Å². The van der Waals surface area contributed by atoms with Crippen LogP contribution in [0.4, 0.5) is 0 Å². The topological polar surface area (TPSA) is 9.23 Å². The predicted octanol–water partition coefficient (Wildman–Crippen LogP) is 3.48. The van der Waals surface area contributed by atoms with Crippen molar-refractivity contribution in [3.05, 3.63) is 0 Å². The molecule has 0 aromatic rings. The normalized spacial score (nSPS) is 42.9. The molecule has 0 amide bonds. The quantitative estimate of drug-likeness (QED) is 0.657. The highest BCUT2D eigenvalue weighted by molar-refractivity contribution is 4.88. The summed E-state index contributed by atoms with van der Waals surface area (Å²) in [6.07, 6.45) is 6.11. The highest BCUT2D eigenvalue weighted by Crippen LogP contribution is 2.42. The van der Waals surface area contributed by atoms with E-state index in [0.717, 1.165) is 30.3 Å². The first kappa shape index (κ1) is 10.5. The Hall–Kier alpha value is -0.0400. The molecule has 1 heterocycles. The molecule has 2 aliphatic rings. The standard InChI is InChI=1S/C13H24O/c1-9(2)6-11-8-14-13-5-4-10(3)7-12(11)13/h9-13H,4-8H2,1-3H3. The molecular formula is C13H24O. The molecule has 4 unspecified atom stereocenters. The number of hydrogen-bond acceptors (Lipinski definition) is 1. The lowest BCUT2D eigenvalue weighted by Gasteiger charge is -2.31. The van der Waals surface area contributed by atoms with Gasteiger partial charge in [0.05, 0.1) is 12.7 Å². The van der Waals surface area contributed by atoms with Crippen LogP contribution in [0.5, 0.6) is 0 Å². The third-order valence-electron chi connectivity index (χ3n) is 4.00. The lowest BCUT2D eigenvalue weighted by atomic mass is 9.74. The minimum absolute atomic E-state index is 0.620. The van der Waals surface area contributed by atoms with E-state index >= 15 is 0 Å². The van der Waals surface area contributed by atoms with Crippen molar-refractivity contribution in [2.45, 2.75) is 52.6 Å². The van der Waals surface area contributed by atoms with Crippen molar-refractivity contribution in [2.75, 3.05) is 6.61 Å². The molecule has 1 heteroatoms. The molecule has 1 saturated heterocycles. The number of fused-ring (bicyclic) bond motifs is 1. The molecule has 2 fully saturated rings. The van der Waals surface area contributed by atoms with Gasteiger partial charge in [0.25, 0.3) is 0 Å². The summed E-state index contributed by atoms with van der Waals surface area (Å²) in [5.74, 6) is 3.52. The molecule has 82 valence electrons. The molecule has 4 atom stereocenters. The number of ether oxygens (including phenoxy) is 1. The Morgan fingerprint density at radius 1 is 1.29 bits per heavy atom. The Labute approximate surface area is 88.2 Å². The zero-order valence-corrected chi connectivity index (χ0v) is 9.83. The smallest absolute Gasteiger partial charge is 0.0607 e. The monoisotopic (exact) mass is 196 g/mol. The van der Waals surface area contributed by atoms with Gasteiger partial charge in [-0.25, -0.2) is 0 Å². The van der Waals surface area contributed by atoms with Crippen molar-refractivity contribution >= 4 is 0 Å². The summed E-state index contributed by atoms with van der Waals surface area (Å²) in [6.45, 7) is 8.11. The fraction of sp³-hybridized carbons (Fsp3) is 1.00. The first-order chi connectivity index (χ1) is 6.66. The highest BCUT2D eigenvalue weighted by Gasteiger charge is 2.40. The molecule has 1 nitrogen and oxygen atoms in total. The minimum atomic E-state index is 0.620. The lowest BCUT2D eigenvalue weighted by molar-refractivity contribution is 0.0541. The lowest BCUT2D eigenvalue weighted by Crippen LogP contribution is -2.28. The summed E-state index contributed by atoms with van der Waals surface area (Å²) in [5, 5.41) is 0. The van der Waals surface area contributed by atoms with Crippen molar-refractivity contribution in [1.82, 2.24) is 0 Å². The summed E-state index contributed by atoms with van der Waals surface area (Å²) in [6, 6.07) is 0. The number of hydrogen-bond donors (Lipinski definition) is 0. The first-order valence-corrected chi connectivity index (χ1v) is 6.28. The van der Waals surface area contributed by atoms with Crippen LogP contribution in [0.3, 0.4) is 0 Å². The van der Waals surface area contributed by atoms with Gasteiger partial charge in [0.2, 0.25) is 0 Å². The molecule has 0 N–H and O–H groups in total. The molecule has 1 aliphatic heterocycles. The number of rotatable bonds is 2. The third kappa shape index (κ3) is 2.13. The maximum absolute atomic E-state index is 5.92. The minimum Gasteiger partial charge on any atom is -0.378 e. The molecule has 1 saturated carbocycles. The SMILES string of the molecule is CC(C)CC1COC2CCC(C)CC12. The van der Waals surface area contributed by atoms with Crippen molar-refractivity contribution < 1.29 is 4.74 Å². The predicted molar refractivity (Wildman–Crippen MR) is 59.2 cm³/mol. The van der Waals surface area contributed by atoms with Crippen LogP contribution in [0.1, 0.15) is 46.5 Å². The van der Waals surface area contributed by atoms with Crippen molar-refractivity contribution in [1.29, 1.82) is 0 Å². The van der Waals surface area contributed by atoms with Gasteiger partial charge < -0.3 is 4.74 Å². The van der Waals surface area contributed by atoms with Gasteiger partial charge in [-0.3, -0.25) is 0 Å². The van der Waals surface area contributed by atoms with Crippen LogP contribution in [-0.2, 0) is 4.74 Å². The van der Waals surface area contributed by atoms with E-state index in [0.29, 0.717) is 6.10 Å². The molecule has 0 radical (unpaired) electrons. The van der Waals surface area contributed by atoms with Crippen LogP contribution in [-0.4, -0.2) is 12.7 Å². The summed E-state index contributed by atoms with van der Waals surface area (Å²) < 4.78 is 5.92. The van der Waals surface area contributed by atoms with E-state index in [1.54, 1.807) is 0 Å². The molecule has 0 aromatic carbocycles. The van der Waals surface area contributed by atoms with E-state index in [1.807, 2.05) is 0 Å². The maximum atomic E-state index is 5.92. The van der Waals surface area contributed by atoms with Crippen molar-refractivity contribution in [3.8, 4) is 0 Å². The Kier molecular flexibility index (Phi) is 3.16. The van der Waals surface area contributed by atoms with E-state index in [4.69, 9.17) is 4.74 Å². The molecule has 0 spiro atoms. The second-order valence-corrected chi connectivity index (χ2v) is 5.84.